The van der Waals surface area contributed by atoms with E-state index in [1.54, 1.807) is 29.2 Å². The summed E-state index contributed by atoms with van der Waals surface area (Å²) in [6.07, 6.45) is 1.79. The number of ether oxygens (including phenoxy) is 1. The van der Waals surface area contributed by atoms with Crippen LogP contribution in [0, 0.1) is 0 Å². The largest absolute Gasteiger partial charge is 0.489 e. The van der Waals surface area contributed by atoms with Crippen LogP contribution in [0.5, 0.6) is 5.75 Å². The summed E-state index contributed by atoms with van der Waals surface area (Å²) in [5.41, 5.74) is 2.73. The Kier molecular flexibility index (Phi) is 6.42. The van der Waals surface area contributed by atoms with Crippen LogP contribution < -0.4 is 10.1 Å². The zero-order chi connectivity index (χ0) is 19.9. The lowest BCUT2D eigenvalue weighted by Crippen LogP contribution is -2.42. The van der Waals surface area contributed by atoms with Crippen molar-refractivity contribution in [2.45, 2.75) is 19.8 Å². The van der Waals surface area contributed by atoms with Crippen LogP contribution in [0.15, 0.2) is 60.4 Å². The van der Waals surface area contributed by atoms with Gasteiger partial charge in [-0.2, -0.15) is 0 Å². The lowest BCUT2D eigenvalue weighted by Gasteiger charge is -2.28. The van der Waals surface area contributed by atoms with Gasteiger partial charge in [-0.15, -0.1) is 0 Å². The van der Waals surface area contributed by atoms with Crippen LogP contribution in [0.25, 0.3) is 0 Å². The van der Waals surface area contributed by atoms with E-state index in [9.17, 15) is 14.0 Å². The number of fused-ring (bicyclic) bond motifs is 1. The minimum absolute atomic E-state index is 0.00652. The molecular formula is C22H23FN2O3. The second-order valence-corrected chi connectivity index (χ2v) is 6.62. The first-order valence-electron chi connectivity index (χ1n) is 9.28. The van der Waals surface area contributed by atoms with Crippen molar-refractivity contribution in [3.8, 4) is 5.75 Å². The van der Waals surface area contributed by atoms with Gasteiger partial charge in [0, 0.05) is 17.8 Å². The molecule has 2 amide bonds. The number of hydrogen-bond acceptors (Lipinski definition) is 3. The normalized spacial score (nSPS) is 13.9. The summed E-state index contributed by atoms with van der Waals surface area (Å²) in [4.78, 5) is 26.5. The third kappa shape index (κ3) is 4.76. The molecule has 0 unspecified atom stereocenters. The fraction of sp³-hybridized carbons (Fsp3) is 0.273. The molecule has 0 aromatic heterocycles. The highest BCUT2D eigenvalue weighted by atomic mass is 19.1. The highest BCUT2D eigenvalue weighted by Gasteiger charge is 2.26. The molecule has 0 fully saturated rings. The van der Waals surface area contributed by atoms with Gasteiger partial charge < -0.3 is 15.0 Å². The van der Waals surface area contributed by atoms with E-state index >= 15 is 0 Å². The molecule has 0 spiro atoms. The molecule has 5 nitrogen and oxygen atoms in total. The van der Waals surface area contributed by atoms with E-state index in [1.165, 1.54) is 0 Å². The Morgan fingerprint density at radius 3 is 2.75 bits per heavy atom. The number of benzene rings is 2. The number of nitrogens with zero attached hydrogens (tertiary/aromatic N) is 1. The van der Waals surface area contributed by atoms with Crippen LogP contribution in [0.1, 0.15) is 29.3 Å². The molecule has 1 aliphatic heterocycles. The van der Waals surface area contributed by atoms with Crippen LogP contribution in [0.4, 0.5) is 10.1 Å². The first kappa shape index (κ1) is 19.6. The van der Waals surface area contributed by atoms with Crippen molar-refractivity contribution in [3.05, 3.63) is 71.6 Å². The predicted octanol–water partition coefficient (Wildman–Crippen LogP) is 3.97. The Morgan fingerprint density at radius 1 is 1.25 bits per heavy atom. The van der Waals surface area contributed by atoms with E-state index in [0.717, 1.165) is 5.56 Å². The molecule has 1 N–H and O–H groups in total. The van der Waals surface area contributed by atoms with Gasteiger partial charge in [-0.25, -0.2) is 4.39 Å². The molecule has 2 aromatic carbocycles. The van der Waals surface area contributed by atoms with Gasteiger partial charge in [0.25, 0.3) is 5.91 Å². The summed E-state index contributed by atoms with van der Waals surface area (Å²) in [5.74, 6) is 0.205. The van der Waals surface area contributed by atoms with Gasteiger partial charge in [0.2, 0.25) is 5.91 Å². The molecule has 0 bridgehead atoms. The third-order valence-electron chi connectivity index (χ3n) is 4.67. The molecule has 1 aliphatic rings. The van der Waals surface area contributed by atoms with Gasteiger partial charge in [0.15, 0.2) is 0 Å². The SMILES string of the molecule is CC/C(=C/F)COc1ccc2c(c1)CCN(CC(=O)Nc1ccccc1)C2=O. The first-order chi connectivity index (χ1) is 13.6. The predicted molar refractivity (Wildman–Crippen MR) is 106 cm³/mol. The summed E-state index contributed by atoms with van der Waals surface area (Å²) >= 11 is 0. The van der Waals surface area contributed by atoms with Crippen LogP contribution in [-0.2, 0) is 11.2 Å². The summed E-state index contributed by atoms with van der Waals surface area (Å²) in [6.45, 7) is 2.52. The zero-order valence-electron chi connectivity index (χ0n) is 15.8. The quantitative estimate of drug-likeness (QED) is 0.788. The van der Waals surface area contributed by atoms with Crippen molar-refractivity contribution in [1.82, 2.24) is 4.90 Å². The zero-order valence-corrected chi connectivity index (χ0v) is 15.8. The minimum Gasteiger partial charge on any atom is -0.489 e. The molecular weight excluding hydrogens is 359 g/mol. The summed E-state index contributed by atoms with van der Waals surface area (Å²) in [5, 5.41) is 2.79. The molecule has 0 saturated carbocycles. The average Bonchev–Trinajstić information content (AvgIpc) is 2.71. The van der Waals surface area contributed by atoms with Gasteiger partial charge in [0.1, 0.15) is 18.9 Å². The van der Waals surface area contributed by atoms with Crippen molar-refractivity contribution >= 4 is 17.5 Å². The van der Waals surface area contributed by atoms with Crippen LogP contribution in [-0.4, -0.2) is 36.4 Å². The number of carbonyl (C=O) groups is 2. The molecule has 146 valence electrons. The van der Waals surface area contributed by atoms with E-state index in [4.69, 9.17) is 4.74 Å². The van der Waals surface area contributed by atoms with E-state index in [-0.39, 0.29) is 25.0 Å². The van der Waals surface area contributed by atoms with Gasteiger partial charge >= 0.3 is 0 Å². The number of nitrogens with one attached hydrogen (secondary N) is 1. The second-order valence-electron chi connectivity index (χ2n) is 6.62. The number of anilines is 1. The standard InChI is InChI=1S/C22H23FN2O3/c1-2-16(13-23)15-28-19-8-9-20-17(12-19)10-11-25(22(20)27)14-21(26)24-18-6-4-3-5-7-18/h3-9,12-13H,2,10-11,14-15H2,1H3,(H,24,26)/b16-13-. The van der Waals surface area contributed by atoms with Crippen molar-refractivity contribution in [2.24, 2.45) is 0 Å². The maximum atomic E-state index is 12.7. The third-order valence-corrected chi connectivity index (χ3v) is 4.67. The molecule has 1 heterocycles. The topological polar surface area (TPSA) is 58.6 Å². The van der Waals surface area contributed by atoms with Gasteiger partial charge in [-0.05, 0) is 54.3 Å². The number of rotatable bonds is 7. The Bertz CT molecular complexity index is 881. The smallest absolute Gasteiger partial charge is 0.254 e. The highest BCUT2D eigenvalue weighted by molar-refractivity contribution is 6.01. The number of halogens is 1. The Labute approximate surface area is 163 Å². The average molecular weight is 382 g/mol. The molecule has 0 atom stereocenters. The van der Waals surface area contributed by atoms with E-state index in [1.807, 2.05) is 31.2 Å². The molecule has 3 rings (SSSR count). The van der Waals surface area contributed by atoms with E-state index in [2.05, 4.69) is 5.32 Å². The van der Waals surface area contributed by atoms with Crippen LogP contribution in [0.3, 0.4) is 0 Å². The Hall–Kier alpha value is -3.15. The van der Waals surface area contributed by atoms with Crippen molar-refractivity contribution in [2.75, 3.05) is 25.0 Å². The Morgan fingerprint density at radius 2 is 2.04 bits per heavy atom. The van der Waals surface area contributed by atoms with Gasteiger partial charge in [-0.1, -0.05) is 25.1 Å². The maximum Gasteiger partial charge on any atom is 0.254 e. The fourth-order valence-electron chi connectivity index (χ4n) is 3.04. The summed E-state index contributed by atoms with van der Waals surface area (Å²) < 4.78 is 18.3. The van der Waals surface area contributed by atoms with Crippen molar-refractivity contribution in [1.29, 1.82) is 0 Å². The number of carbonyl (C=O) groups excluding carboxylic acids is 2. The molecule has 0 radical (unpaired) electrons. The van der Waals surface area contributed by atoms with Crippen molar-refractivity contribution in [3.63, 3.8) is 0 Å². The first-order valence-corrected chi connectivity index (χ1v) is 9.28. The lowest BCUT2D eigenvalue weighted by atomic mass is 9.98. The Balaban J connectivity index is 1.62. The monoisotopic (exact) mass is 382 g/mol. The minimum atomic E-state index is -0.229. The van der Waals surface area contributed by atoms with Crippen LogP contribution >= 0.6 is 0 Å². The second kappa shape index (κ2) is 9.17. The highest BCUT2D eigenvalue weighted by Crippen LogP contribution is 2.24. The lowest BCUT2D eigenvalue weighted by molar-refractivity contribution is -0.116. The van der Waals surface area contributed by atoms with E-state index < -0.39 is 0 Å². The molecule has 0 aliphatic carbocycles. The maximum absolute atomic E-state index is 12.7. The van der Waals surface area contributed by atoms with Gasteiger partial charge in [0.05, 0.1) is 6.33 Å². The summed E-state index contributed by atoms with van der Waals surface area (Å²) in [6, 6.07) is 14.4. The van der Waals surface area contributed by atoms with Crippen molar-refractivity contribution < 1.29 is 18.7 Å². The molecule has 28 heavy (non-hydrogen) atoms. The number of amides is 2. The molecule has 6 heteroatoms. The van der Waals surface area contributed by atoms with Crippen LogP contribution in [0.2, 0.25) is 0 Å². The number of hydrogen-bond donors (Lipinski definition) is 1. The van der Waals surface area contributed by atoms with E-state index in [0.29, 0.717) is 48.3 Å². The van der Waals surface area contributed by atoms with Gasteiger partial charge in [-0.3, -0.25) is 9.59 Å². The molecule has 2 aromatic rings. The fourth-order valence-corrected chi connectivity index (χ4v) is 3.04. The number of para-hydroxylation sites is 1. The summed E-state index contributed by atoms with van der Waals surface area (Å²) in [7, 11) is 0. The molecule has 0 saturated heterocycles.